The summed E-state index contributed by atoms with van der Waals surface area (Å²) in [5.41, 5.74) is 2.98. The van der Waals surface area contributed by atoms with Gasteiger partial charge in [-0.3, -0.25) is 14.4 Å². The van der Waals surface area contributed by atoms with Crippen molar-refractivity contribution < 1.29 is 123 Å². The molecule has 3 aliphatic carbocycles. The van der Waals surface area contributed by atoms with Crippen LogP contribution in [0.1, 0.15) is 131 Å². The summed E-state index contributed by atoms with van der Waals surface area (Å²) < 4.78 is 128. The Morgan fingerprint density at radius 2 is 0.746 bits per heavy atom. The normalized spacial score (nSPS) is 17.6. The highest BCUT2D eigenvalue weighted by molar-refractivity contribution is 6.62. The van der Waals surface area contributed by atoms with E-state index in [-0.39, 0.29) is 97.8 Å². The standard InChI is InChI=1S/C25H20F2N2O6.C24H18F2N2O6.C17H13ClF2N2O3.C14H19BO5/c1-13-3-6-20(28-21(13)14-9-15(22(31)33-2)11-17(30)10-14)29-23(32)24(7-8-24)16-4-5-18-19(12-16)35-25(26,27)34-18;1-12-2-5-19(27-20(12)13-8-14(21(30)31)10-16(29)9-13)28-22(32)23(6-7-23)15-3-4-17-18(11-15)34-24(25,26)33-17;1-9-2-5-13(21-14(9)18)22-15(23)16(6-7-16)10-3-4-11-12(8-10)25-17(19,20)24-11;1-13(2)14(3,4)20-15(19-13)10-6-9(12(17)18-5)7-11(16)8-10/h3-6,9-12,30H,7-8H2,1-2H3,(H,28,29,32);2-5,8-11,29H,6-7H2,1H3,(H,30,31)(H,27,28,32);2-5,8H,6-7H2,1H3,(H,21,22,23);6-8,16H,1-5H3. The maximum atomic E-state index is 13.4. The number of alkyl halides is 6. The van der Waals surface area contributed by atoms with Gasteiger partial charge in [0.2, 0.25) is 17.7 Å². The molecule has 7 aliphatic rings. The van der Waals surface area contributed by atoms with Gasteiger partial charge in [0, 0.05) is 11.1 Å². The fourth-order valence-corrected chi connectivity index (χ4v) is 13.1. The number of carboxylic acids is 1. The van der Waals surface area contributed by atoms with Crippen LogP contribution in [0.15, 0.2) is 146 Å². The van der Waals surface area contributed by atoms with Crippen LogP contribution < -0.4 is 49.8 Å². The molecular formula is C80H70BClF6N6O20. The number of anilines is 3. The number of phenolic OH excluding ortho intramolecular Hbond substituents is 3. The molecule has 0 spiro atoms. The average molecular weight is 1600 g/mol. The number of phenols is 3. The van der Waals surface area contributed by atoms with E-state index in [1.807, 2.05) is 34.6 Å². The van der Waals surface area contributed by atoms with E-state index in [2.05, 4.69) is 64.1 Å². The van der Waals surface area contributed by atoms with Crippen LogP contribution in [0.2, 0.25) is 5.15 Å². The number of esters is 2. The molecule has 1 saturated heterocycles. The number of nitrogens with zero attached hydrogens (tertiary/aromatic N) is 3. The van der Waals surface area contributed by atoms with Crippen molar-refractivity contribution >= 4 is 77.3 Å². The quantitative estimate of drug-likeness (QED) is 0.0217. The van der Waals surface area contributed by atoms with Crippen LogP contribution in [-0.4, -0.2) is 122 Å². The largest absolute Gasteiger partial charge is 0.586 e. The summed E-state index contributed by atoms with van der Waals surface area (Å²) >= 11 is 5.97. The number of rotatable bonds is 15. The molecule has 26 nitrogen and oxygen atoms in total. The minimum absolute atomic E-state index is 0.0300. The van der Waals surface area contributed by atoms with Crippen LogP contribution in [0.5, 0.6) is 51.7 Å². The molecule has 16 rings (SSSR count). The van der Waals surface area contributed by atoms with Gasteiger partial charge >= 0.3 is 43.9 Å². The third-order valence-corrected chi connectivity index (χ3v) is 20.7. The summed E-state index contributed by atoms with van der Waals surface area (Å²) in [5.74, 6) is -3.38. The van der Waals surface area contributed by atoms with Gasteiger partial charge in [0.25, 0.3) is 0 Å². The lowest BCUT2D eigenvalue weighted by molar-refractivity contribution is -0.287. The lowest BCUT2D eigenvalue weighted by Crippen LogP contribution is -2.41. The Hall–Kier alpha value is -12.4. The summed E-state index contributed by atoms with van der Waals surface area (Å²) in [6.45, 7) is 13.2. The van der Waals surface area contributed by atoms with Crippen molar-refractivity contribution in [3.8, 4) is 74.3 Å². The van der Waals surface area contributed by atoms with E-state index in [1.165, 1.54) is 93.1 Å². The van der Waals surface area contributed by atoms with E-state index in [4.69, 9.17) is 25.6 Å². The zero-order valence-electron chi connectivity index (χ0n) is 62.0. The molecule has 34 heteroatoms. The van der Waals surface area contributed by atoms with Crippen molar-refractivity contribution in [1.29, 1.82) is 0 Å². The number of hydrogen-bond donors (Lipinski definition) is 7. The predicted octanol–water partition coefficient (Wildman–Crippen LogP) is 14.5. The highest BCUT2D eigenvalue weighted by atomic mass is 35.5. The van der Waals surface area contributed by atoms with Crippen LogP contribution >= 0.6 is 11.6 Å². The molecule has 4 fully saturated rings. The molecule has 0 atom stereocenters. The van der Waals surface area contributed by atoms with Crippen LogP contribution in [-0.2, 0) is 49.4 Å². The molecule has 7 N–H and O–H groups in total. The molecule has 0 unspecified atom stereocenters. The number of hydrogen-bond acceptors (Lipinski definition) is 22. The first kappa shape index (κ1) is 79.7. The lowest BCUT2D eigenvalue weighted by Gasteiger charge is -2.32. The first-order valence-electron chi connectivity index (χ1n) is 35.1. The van der Waals surface area contributed by atoms with Crippen molar-refractivity contribution in [2.75, 3.05) is 30.2 Å². The number of ether oxygens (including phenoxy) is 8. The zero-order valence-corrected chi connectivity index (χ0v) is 62.7. The molecule has 3 amide bonds. The smallest absolute Gasteiger partial charge is 0.508 e. The fourth-order valence-electron chi connectivity index (χ4n) is 13.0. The average Bonchev–Trinajstić information content (AvgIpc) is 1.59. The Morgan fingerprint density at radius 3 is 1.10 bits per heavy atom. The van der Waals surface area contributed by atoms with Gasteiger partial charge in [0.05, 0.1) is 69.7 Å². The molecule has 3 aromatic heterocycles. The number of aryl methyl sites for hydroxylation is 3. The van der Waals surface area contributed by atoms with Gasteiger partial charge in [-0.2, -0.15) is 0 Å². The first-order chi connectivity index (χ1) is 53.6. The third-order valence-electron chi connectivity index (χ3n) is 20.3. The molecular weight excluding hydrogens is 1530 g/mol. The second-order valence-corrected chi connectivity index (χ2v) is 29.2. The molecule has 9 aromatic rings. The molecule has 0 bridgehead atoms. The Bertz CT molecular complexity index is 5410. The number of carbonyl (C=O) groups excluding carboxylic acids is 5. The first-order valence-corrected chi connectivity index (χ1v) is 35.5. The second-order valence-electron chi connectivity index (χ2n) is 28.9. The van der Waals surface area contributed by atoms with E-state index in [9.17, 15) is 75.5 Å². The van der Waals surface area contributed by atoms with Gasteiger partial charge in [-0.25, -0.2) is 29.3 Å². The number of nitrogens with one attached hydrogen (secondary N) is 3. The van der Waals surface area contributed by atoms with E-state index < -0.39 is 71.4 Å². The van der Waals surface area contributed by atoms with E-state index in [0.717, 1.165) is 17.2 Å². The number of aromatic carboxylic acids is 1. The highest BCUT2D eigenvalue weighted by Gasteiger charge is 2.57. The number of pyridine rings is 3. The Morgan fingerprint density at radius 1 is 0.421 bits per heavy atom. The zero-order chi connectivity index (χ0) is 82.2. The number of amides is 3. The number of halogens is 7. The van der Waals surface area contributed by atoms with E-state index in [0.29, 0.717) is 99.7 Å². The van der Waals surface area contributed by atoms with Crippen molar-refractivity contribution in [1.82, 2.24) is 15.0 Å². The second kappa shape index (κ2) is 29.6. The number of methoxy groups -OCH3 is 2. The number of benzene rings is 6. The number of carboxylic acid groups (broad SMARTS) is 1. The number of aromatic hydroxyl groups is 3. The lowest BCUT2D eigenvalue weighted by atomic mass is 9.78. The topological polar surface area (TPSA) is 350 Å². The summed E-state index contributed by atoms with van der Waals surface area (Å²) in [6.07, 6.45) is -7.85. The van der Waals surface area contributed by atoms with Crippen molar-refractivity contribution in [3.63, 3.8) is 0 Å². The predicted molar refractivity (Wildman–Crippen MR) is 396 cm³/mol. The Labute approximate surface area is 650 Å². The van der Waals surface area contributed by atoms with Gasteiger partial charge in [0.1, 0.15) is 39.9 Å². The van der Waals surface area contributed by atoms with Gasteiger partial charge in [-0.15, -0.1) is 26.3 Å². The van der Waals surface area contributed by atoms with Crippen LogP contribution in [0.4, 0.5) is 43.8 Å². The molecule has 0 radical (unpaired) electrons. The van der Waals surface area contributed by atoms with Crippen LogP contribution in [0.25, 0.3) is 22.5 Å². The fraction of sp³-hybridized carbons (Fsp3) is 0.287. The van der Waals surface area contributed by atoms with Gasteiger partial charge in [-0.1, -0.05) is 48.0 Å². The molecule has 3 saturated carbocycles. The van der Waals surface area contributed by atoms with Gasteiger partial charge in [-0.05, 0) is 235 Å². The van der Waals surface area contributed by atoms with Crippen LogP contribution in [0, 0.1) is 20.8 Å². The van der Waals surface area contributed by atoms with Crippen LogP contribution in [0.3, 0.4) is 0 Å². The molecule has 4 aliphatic heterocycles. The highest BCUT2D eigenvalue weighted by Crippen LogP contribution is 2.56. The molecule has 592 valence electrons. The molecule has 6 aromatic carbocycles. The van der Waals surface area contributed by atoms with E-state index >= 15 is 0 Å². The van der Waals surface area contributed by atoms with Gasteiger partial charge in [0.15, 0.2) is 34.5 Å². The number of aromatic nitrogens is 3. The maximum Gasteiger partial charge on any atom is 0.586 e. The summed E-state index contributed by atoms with van der Waals surface area (Å²) in [4.78, 5) is 87.0. The number of carbonyl (C=O) groups is 6. The summed E-state index contributed by atoms with van der Waals surface area (Å²) in [7, 11) is 1.90. The molecule has 114 heavy (non-hydrogen) atoms. The third kappa shape index (κ3) is 16.6. The minimum atomic E-state index is -3.74. The van der Waals surface area contributed by atoms with Gasteiger partial charge < -0.3 is 83.6 Å². The summed E-state index contributed by atoms with van der Waals surface area (Å²) in [5, 5.41) is 47.6. The maximum absolute atomic E-state index is 13.4. The monoisotopic (exact) mass is 1590 g/mol. The van der Waals surface area contributed by atoms with Crippen molar-refractivity contribution in [3.05, 3.63) is 201 Å². The molecule has 7 heterocycles. The summed E-state index contributed by atoms with van der Waals surface area (Å²) in [6, 6.07) is 35.8. The van der Waals surface area contributed by atoms with Crippen molar-refractivity contribution in [2.45, 2.75) is 133 Å². The SMILES string of the molecule is COC(=O)c1cc(O)cc(-c2nc(NC(=O)C3(c4ccc5c(c4)OC(F)(F)O5)CC3)ccc2C)c1.COC(=O)c1cc(O)cc(B2OC(C)(C)C(C)(C)O2)c1.Cc1ccc(NC(=O)C2(c3ccc4c(c3)OC(F)(F)O4)CC2)nc1-c1cc(O)cc(C(=O)O)c1.Cc1ccc(NC(=O)C2(c3ccc4c(c3)OC(F)(F)O4)CC2)nc1Cl. The Balaban J connectivity index is 0.000000136. The van der Waals surface area contributed by atoms with E-state index in [1.54, 1.807) is 74.5 Å². The Kier molecular flexibility index (Phi) is 20.7. The minimum Gasteiger partial charge on any atom is -0.508 e. The van der Waals surface area contributed by atoms with Crippen molar-refractivity contribution in [2.24, 2.45) is 0 Å². The number of fused-ring (bicyclic) bond motifs is 3.